The highest BCUT2D eigenvalue weighted by atomic mass is 16.1. The van der Waals surface area contributed by atoms with Crippen LogP contribution in [-0.4, -0.2) is 25.5 Å². The van der Waals surface area contributed by atoms with Crippen LogP contribution in [0.4, 0.5) is 0 Å². The van der Waals surface area contributed by atoms with Gasteiger partial charge in [0.05, 0.1) is 0 Å². The molecule has 1 saturated carbocycles. The maximum absolute atomic E-state index is 11.4. The number of rotatable bonds is 6. The van der Waals surface area contributed by atoms with Crippen molar-refractivity contribution in [3.05, 3.63) is 0 Å². The fourth-order valence-corrected chi connectivity index (χ4v) is 1.85. The Balaban J connectivity index is 1.44. The van der Waals surface area contributed by atoms with Crippen LogP contribution in [0, 0.1) is 11.8 Å². The maximum atomic E-state index is 11.4. The van der Waals surface area contributed by atoms with Gasteiger partial charge in [-0.05, 0) is 37.8 Å². The van der Waals surface area contributed by atoms with Crippen LogP contribution in [-0.2, 0) is 4.79 Å². The summed E-state index contributed by atoms with van der Waals surface area (Å²) < 4.78 is 0. The summed E-state index contributed by atoms with van der Waals surface area (Å²) in [7, 11) is 0. The Kier molecular flexibility index (Phi) is 3.40. The first-order valence-corrected chi connectivity index (χ1v) is 5.82. The summed E-state index contributed by atoms with van der Waals surface area (Å²) in [6.07, 6.45) is 6.03. The number of carbonyl (C=O) groups excluding carboxylic acids is 1. The Hall–Kier alpha value is -0.570. The zero-order valence-corrected chi connectivity index (χ0v) is 8.72. The molecule has 1 aliphatic heterocycles. The van der Waals surface area contributed by atoms with E-state index in [9.17, 15) is 4.79 Å². The molecule has 2 rings (SSSR count). The largest absolute Gasteiger partial charge is 0.356 e. The van der Waals surface area contributed by atoms with Gasteiger partial charge < -0.3 is 10.6 Å². The summed E-state index contributed by atoms with van der Waals surface area (Å²) in [4.78, 5) is 11.4. The maximum Gasteiger partial charge on any atom is 0.220 e. The molecule has 0 aromatic rings. The Morgan fingerprint density at radius 3 is 2.64 bits per heavy atom. The highest BCUT2D eigenvalue weighted by molar-refractivity contribution is 5.76. The fourth-order valence-electron chi connectivity index (χ4n) is 1.85. The van der Waals surface area contributed by atoms with Crippen molar-refractivity contribution in [2.45, 2.75) is 32.1 Å². The molecule has 14 heavy (non-hydrogen) atoms. The third-order valence-corrected chi connectivity index (χ3v) is 3.15. The Bertz CT molecular complexity index is 197. The first-order chi connectivity index (χ1) is 6.84. The van der Waals surface area contributed by atoms with Crippen molar-refractivity contribution in [3.8, 4) is 0 Å². The van der Waals surface area contributed by atoms with Crippen LogP contribution < -0.4 is 10.6 Å². The van der Waals surface area contributed by atoms with E-state index in [1.807, 2.05) is 0 Å². The lowest BCUT2D eigenvalue weighted by atomic mass is 9.99. The lowest BCUT2D eigenvalue weighted by molar-refractivity contribution is -0.122. The molecule has 0 spiro atoms. The van der Waals surface area contributed by atoms with Crippen LogP contribution in [0.2, 0.25) is 0 Å². The predicted octanol–water partition coefficient (Wildman–Crippen LogP) is 0.902. The molecular formula is C11H20N2O. The topological polar surface area (TPSA) is 41.1 Å². The van der Waals surface area contributed by atoms with Crippen molar-refractivity contribution >= 4 is 5.91 Å². The first-order valence-electron chi connectivity index (χ1n) is 5.82. The lowest BCUT2D eigenvalue weighted by Gasteiger charge is -2.26. The van der Waals surface area contributed by atoms with Crippen molar-refractivity contribution in [2.24, 2.45) is 11.8 Å². The van der Waals surface area contributed by atoms with Crippen LogP contribution in [0.25, 0.3) is 0 Å². The molecule has 2 aliphatic rings. The summed E-state index contributed by atoms with van der Waals surface area (Å²) in [6, 6.07) is 0. The monoisotopic (exact) mass is 196 g/mol. The van der Waals surface area contributed by atoms with Crippen LogP contribution in [0.15, 0.2) is 0 Å². The molecule has 2 fully saturated rings. The summed E-state index contributed by atoms with van der Waals surface area (Å²) in [5, 5.41) is 6.18. The van der Waals surface area contributed by atoms with Gasteiger partial charge in [-0.1, -0.05) is 12.8 Å². The second-order valence-corrected chi connectivity index (χ2v) is 4.66. The van der Waals surface area contributed by atoms with E-state index in [0.29, 0.717) is 5.92 Å². The molecule has 0 atom stereocenters. The van der Waals surface area contributed by atoms with Crippen molar-refractivity contribution < 1.29 is 4.79 Å². The van der Waals surface area contributed by atoms with Gasteiger partial charge in [-0.15, -0.1) is 0 Å². The van der Waals surface area contributed by atoms with Gasteiger partial charge >= 0.3 is 0 Å². The van der Waals surface area contributed by atoms with Gasteiger partial charge in [-0.3, -0.25) is 4.79 Å². The molecule has 0 bridgehead atoms. The average Bonchev–Trinajstić information content (AvgIpc) is 2.89. The number of amides is 1. The van der Waals surface area contributed by atoms with Crippen LogP contribution >= 0.6 is 0 Å². The van der Waals surface area contributed by atoms with E-state index in [0.717, 1.165) is 32.0 Å². The molecule has 0 aromatic heterocycles. The van der Waals surface area contributed by atoms with Crippen molar-refractivity contribution in [2.75, 3.05) is 19.6 Å². The summed E-state index contributed by atoms with van der Waals surface area (Å²) in [5.74, 6) is 1.83. The quantitative estimate of drug-likeness (QED) is 0.620. The zero-order valence-electron chi connectivity index (χ0n) is 8.72. The highest BCUT2D eigenvalue weighted by Crippen LogP contribution is 2.33. The third-order valence-electron chi connectivity index (χ3n) is 3.15. The lowest BCUT2D eigenvalue weighted by Crippen LogP contribution is -2.44. The third kappa shape index (κ3) is 3.29. The minimum atomic E-state index is 0.243. The molecular weight excluding hydrogens is 176 g/mol. The summed E-state index contributed by atoms with van der Waals surface area (Å²) >= 11 is 0. The van der Waals surface area contributed by atoms with Gasteiger partial charge in [0.1, 0.15) is 0 Å². The molecule has 1 saturated heterocycles. The molecule has 1 aliphatic carbocycles. The number of hydrogen-bond acceptors (Lipinski definition) is 2. The normalized spacial score (nSPS) is 21.7. The second-order valence-electron chi connectivity index (χ2n) is 4.66. The van der Waals surface area contributed by atoms with E-state index in [-0.39, 0.29) is 5.91 Å². The van der Waals surface area contributed by atoms with Gasteiger partial charge in [0.2, 0.25) is 5.91 Å². The second kappa shape index (κ2) is 4.78. The van der Waals surface area contributed by atoms with Crippen LogP contribution in [0.5, 0.6) is 0 Å². The van der Waals surface area contributed by atoms with Gasteiger partial charge in [0, 0.05) is 13.0 Å². The number of carbonyl (C=O) groups is 1. The van der Waals surface area contributed by atoms with Gasteiger partial charge in [-0.2, -0.15) is 0 Å². The Labute approximate surface area is 85.6 Å². The number of nitrogens with one attached hydrogen (secondary N) is 2. The van der Waals surface area contributed by atoms with Crippen molar-refractivity contribution in [1.82, 2.24) is 10.6 Å². The minimum absolute atomic E-state index is 0.243. The van der Waals surface area contributed by atoms with E-state index >= 15 is 0 Å². The minimum Gasteiger partial charge on any atom is -0.356 e. The molecule has 80 valence electrons. The van der Waals surface area contributed by atoms with Crippen molar-refractivity contribution in [1.29, 1.82) is 0 Å². The van der Waals surface area contributed by atoms with Crippen LogP contribution in [0.3, 0.4) is 0 Å². The summed E-state index contributed by atoms with van der Waals surface area (Å²) in [6.45, 7) is 2.93. The van der Waals surface area contributed by atoms with Gasteiger partial charge in [-0.25, -0.2) is 0 Å². The average molecular weight is 196 g/mol. The number of hydrogen-bond donors (Lipinski definition) is 2. The summed E-state index contributed by atoms with van der Waals surface area (Å²) in [5.41, 5.74) is 0. The van der Waals surface area contributed by atoms with E-state index in [4.69, 9.17) is 0 Å². The van der Waals surface area contributed by atoms with Crippen molar-refractivity contribution in [3.63, 3.8) is 0 Å². The molecule has 3 heteroatoms. The first kappa shape index (κ1) is 9.97. The predicted molar refractivity (Wildman–Crippen MR) is 55.9 cm³/mol. The molecule has 1 heterocycles. The molecule has 0 aromatic carbocycles. The van der Waals surface area contributed by atoms with Gasteiger partial charge in [0.15, 0.2) is 0 Å². The fraction of sp³-hybridized carbons (Fsp3) is 0.909. The molecule has 0 unspecified atom stereocenters. The van der Waals surface area contributed by atoms with E-state index in [1.54, 1.807) is 0 Å². The van der Waals surface area contributed by atoms with Crippen LogP contribution in [0.1, 0.15) is 32.1 Å². The van der Waals surface area contributed by atoms with E-state index in [1.165, 1.54) is 25.7 Å². The Morgan fingerprint density at radius 2 is 2.07 bits per heavy atom. The van der Waals surface area contributed by atoms with E-state index in [2.05, 4.69) is 10.6 Å². The molecule has 0 radical (unpaired) electrons. The highest BCUT2D eigenvalue weighted by Gasteiger charge is 2.21. The van der Waals surface area contributed by atoms with Gasteiger partial charge in [0.25, 0.3) is 0 Å². The molecule has 2 N–H and O–H groups in total. The standard InChI is InChI=1S/C11H20N2O/c14-11(6-10-7-12-8-10)13-5-1-2-9-3-4-9/h9-10,12H,1-8H2,(H,13,14). The molecule has 3 nitrogen and oxygen atoms in total. The SMILES string of the molecule is O=C(CC1CNC1)NCCCC1CC1. The Morgan fingerprint density at radius 1 is 1.29 bits per heavy atom. The molecule has 1 amide bonds. The smallest absolute Gasteiger partial charge is 0.220 e. The zero-order chi connectivity index (χ0) is 9.80. The van der Waals surface area contributed by atoms with E-state index < -0.39 is 0 Å².